The first-order chi connectivity index (χ1) is 10.1. The van der Waals surface area contributed by atoms with Crippen LogP contribution in [-0.2, 0) is 4.74 Å². The molecule has 0 aliphatic rings. The summed E-state index contributed by atoms with van der Waals surface area (Å²) in [5.41, 5.74) is -0.223. The summed E-state index contributed by atoms with van der Waals surface area (Å²) in [6, 6.07) is 9.21. The highest BCUT2D eigenvalue weighted by atomic mass is 16.6. The van der Waals surface area contributed by atoms with Gasteiger partial charge in [-0.3, -0.25) is 14.9 Å². The fourth-order valence-electron chi connectivity index (χ4n) is 1.88. The predicted molar refractivity (Wildman–Crippen MR) is 73.9 cm³/mol. The van der Waals surface area contributed by atoms with Crippen LogP contribution in [0.2, 0.25) is 0 Å². The van der Waals surface area contributed by atoms with Gasteiger partial charge in [-0.25, -0.2) is 0 Å². The van der Waals surface area contributed by atoms with Gasteiger partial charge in [-0.1, -0.05) is 12.1 Å². The summed E-state index contributed by atoms with van der Waals surface area (Å²) in [7, 11) is 1.49. The van der Waals surface area contributed by atoms with Crippen molar-refractivity contribution in [3.05, 3.63) is 64.1 Å². The summed E-state index contributed by atoms with van der Waals surface area (Å²) in [6.07, 6.45) is 1.05. The number of hydrogen-bond donors (Lipinski definition) is 1. The van der Waals surface area contributed by atoms with Crippen molar-refractivity contribution in [2.75, 3.05) is 13.7 Å². The van der Waals surface area contributed by atoms with Crippen molar-refractivity contribution in [1.29, 1.82) is 0 Å². The van der Waals surface area contributed by atoms with Gasteiger partial charge >= 0.3 is 0 Å². The van der Waals surface area contributed by atoms with Crippen LogP contribution in [0.15, 0.2) is 47.1 Å². The third kappa shape index (κ3) is 3.46. The molecule has 1 N–H and O–H groups in total. The van der Waals surface area contributed by atoms with Crippen molar-refractivity contribution in [2.45, 2.75) is 6.10 Å². The Morgan fingerprint density at radius 2 is 2.14 bits per heavy atom. The third-order valence-electron chi connectivity index (χ3n) is 2.94. The van der Waals surface area contributed by atoms with Gasteiger partial charge in [0.15, 0.2) is 0 Å². The number of benzene rings is 1. The minimum absolute atomic E-state index is 0.0109. The summed E-state index contributed by atoms with van der Waals surface area (Å²) in [5.74, 6) is 0.0382. The van der Waals surface area contributed by atoms with E-state index in [0.717, 1.165) is 0 Å². The number of nitrogens with zero attached hydrogens (tertiary/aromatic N) is 1. The zero-order valence-electron chi connectivity index (χ0n) is 11.3. The standard InChI is InChI=1S/C14H14N2O5/c1-20-13(12-7-4-8-21-12)9-15-14(17)10-5-2-3-6-11(10)16(18)19/h2-8,13H,9H2,1H3,(H,15,17). The van der Waals surface area contributed by atoms with E-state index in [1.54, 1.807) is 18.2 Å². The van der Waals surface area contributed by atoms with Crippen molar-refractivity contribution >= 4 is 11.6 Å². The van der Waals surface area contributed by atoms with Gasteiger partial charge in [-0.05, 0) is 18.2 Å². The van der Waals surface area contributed by atoms with E-state index in [1.807, 2.05) is 0 Å². The number of rotatable bonds is 6. The molecule has 2 aromatic rings. The molecule has 2 rings (SSSR count). The Morgan fingerprint density at radius 1 is 1.38 bits per heavy atom. The molecule has 1 unspecified atom stereocenters. The number of amides is 1. The lowest BCUT2D eigenvalue weighted by atomic mass is 10.1. The van der Waals surface area contributed by atoms with Crippen molar-refractivity contribution in [3.8, 4) is 0 Å². The van der Waals surface area contributed by atoms with Crippen LogP contribution in [-0.4, -0.2) is 24.5 Å². The molecule has 0 fully saturated rings. The highest BCUT2D eigenvalue weighted by molar-refractivity contribution is 5.98. The Morgan fingerprint density at radius 3 is 2.76 bits per heavy atom. The molecule has 0 aliphatic carbocycles. The smallest absolute Gasteiger partial charge is 0.282 e. The number of furan rings is 1. The molecule has 0 saturated carbocycles. The maximum absolute atomic E-state index is 12.1. The van der Waals surface area contributed by atoms with Crippen LogP contribution in [0.3, 0.4) is 0 Å². The SMILES string of the molecule is COC(CNC(=O)c1ccccc1[N+](=O)[O-])c1ccco1. The minimum Gasteiger partial charge on any atom is -0.467 e. The maximum Gasteiger partial charge on any atom is 0.282 e. The molecular formula is C14H14N2O5. The van der Waals surface area contributed by atoms with Gasteiger partial charge in [0.2, 0.25) is 0 Å². The monoisotopic (exact) mass is 290 g/mol. The van der Waals surface area contributed by atoms with Crippen molar-refractivity contribution in [1.82, 2.24) is 5.32 Å². The van der Waals surface area contributed by atoms with E-state index in [4.69, 9.17) is 9.15 Å². The third-order valence-corrected chi connectivity index (χ3v) is 2.94. The summed E-state index contributed by atoms with van der Waals surface area (Å²) in [6.45, 7) is 0.148. The summed E-state index contributed by atoms with van der Waals surface area (Å²) in [5, 5.41) is 13.5. The van der Waals surface area contributed by atoms with Gasteiger partial charge in [0.25, 0.3) is 11.6 Å². The average molecular weight is 290 g/mol. The molecule has 0 radical (unpaired) electrons. The van der Waals surface area contributed by atoms with Crippen molar-refractivity contribution in [3.63, 3.8) is 0 Å². The number of nitro groups is 1. The highest BCUT2D eigenvalue weighted by Gasteiger charge is 2.21. The molecule has 1 aromatic carbocycles. The molecule has 7 heteroatoms. The van der Waals surface area contributed by atoms with E-state index in [9.17, 15) is 14.9 Å². The number of carbonyl (C=O) groups is 1. The predicted octanol–water partition coefficient (Wildman–Crippen LogP) is 2.31. The van der Waals surface area contributed by atoms with Gasteiger partial charge in [-0.15, -0.1) is 0 Å². The molecule has 21 heavy (non-hydrogen) atoms. The minimum atomic E-state index is -0.588. The van der Waals surface area contributed by atoms with E-state index >= 15 is 0 Å². The zero-order chi connectivity index (χ0) is 15.2. The van der Waals surface area contributed by atoms with Gasteiger partial charge in [0, 0.05) is 13.2 Å². The van der Waals surface area contributed by atoms with E-state index in [-0.39, 0.29) is 17.8 Å². The molecular weight excluding hydrogens is 276 g/mol. The van der Waals surface area contributed by atoms with Gasteiger partial charge in [-0.2, -0.15) is 0 Å². The zero-order valence-corrected chi connectivity index (χ0v) is 11.3. The normalized spacial score (nSPS) is 11.9. The first-order valence-electron chi connectivity index (χ1n) is 6.21. The number of hydrogen-bond acceptors (Lipinski definition) is 5. The Bertz CT molecular complexity index is 624. The molecule has 1 amide bonds. The van der Waals surface area contributed by atoms with Gasteiger partial charge in [0.1, 0.15) is 17.4 Å². The van der Waals surface area contributed by atoms with Crippen molar-refractivity contribution < 1.29 is 18.9 Å². The van der Waals surface area contributed by atoms with Gasteiger partial charge in [0.05, 0.1) is 17.7 Å². The molecule has 110 valence electrons. The molecule has 1 atom stereocenters. The lowest BCUT2D eigenvalue weighted by Gasteiger charge is -2.13. The van der Waals surface area contributed by atoms with Crippen LogP contribution in [0.1, 0.15) is 22.2 Å². The Kier molecular flexibility index (Phi) is 4.68. The first-order valence-corrected chi connectivity index (χ1v) is 6.21. The van der Waals surface area contributed by atoms with Gasteiger partial charge < -0.3 is 14.5 Å². The quantitative estimate of drug-likeness (QED) is 0.650. The van der Waals surface area contributed by atoms with Crippen LogP contribution in [0.4, 0.5) is 5.69 Å². The van der Waals surface area contributed by atoms with Crippen LogP contribution < -0.4 is 5.32 Å². The number of carbonyl (C=O) groups excluding carboxylic acids is 1. The fraction of sp³-hybridized carbons (Fsp3) is 0.214. The lowest BCUT2D eigenvalue weighted by Crippen LogP contribution is -2.29. The molecule has 1 aromatic heterocycles. The van der Waals surface area contributed by atoms with E-state index in [1.165, 1.54) is 31.6 Å². The van der Waals surface area contributed by atoms with Crippen molar-refractivity contribution in [2.24, 2.45) is 0 Å². The van der Waals surface area contributed by atoms with Crippen LogP contribution in [0, 0.1) is 10.1 Å². The molecule has 0 spiro atoms. The first kappa shape index (κ1) is 14.7. The lowest BCUT2D eigenvalue weighted by molar-refractivity contribution is -0.385. The molecule has 0 bridgehead atoms. The maximum atomic E-state index is 12.1. The highest BCUT2D eigenvalue weighted by Crippen LogP contribution is 2.19. The van der Waals surface area contributed by atoms with E-state index < -0.39 is 16.9 Å². The number of methoxy groups -OCH3 is 1. The Balaban J connectivity index is 2.07. The number of nitro benzene ring substituents is 1. The van der Waals surface area contributed by atoms with Crippen LogP contribution in [0.5, 0.6) is 0 Å². The largest absolute Gasteiger partial charge is 0.467 e. The Labute approximate surface area is 120 Å². The summed E-state index contributed by atoms with van der Waals surface area (Å²) >= 11 is 0. The topological polar surface area (TPSA) is 94.6 Å². The molecule has 7 nitrogen and oxygen atoms in total. The Hall–Kier alpha value is -2.67. The molecule has 0 aliphatic heterocycles. The molecule has 1 heterocycles. The van der Waals surface area contributed by atoms with E-state index in [2.05, 4.69) is 5.32 Å². The second-order valence-corrected chi connectivity index (χ2v) is 4.22. The van der Waals surface area contributed by atoms with Crippen LogP contribution >= 0.6 is 0 Å². The average Bonchev–Trinajstić information content (AvgIpc) is 3.02. The number of para-hydroxylation sites is 1. The second kappa shape index (κ2) is 6.67. The number of nitrogens with one attached hydrogen (secondary N) is 1. The molecule has 0 saturated heterocycles. The number of ether oxygens (including phenoxy) is 1. The second-order valence-electron chi connectivity index (χ2n) is 4.22. The van der Waals surface area contributed by atoms with E-state index in [0.29, 0.717) is 5.76 Å². The van der Waals surface area contributed by atoms with Crippen LogP contribution in [0.25, 0.3) is 0 Å². The summed E-state index contributed by atoms with van der Waals surface area (Å²) in [4.78, 5) is 22.4. The summed E-state index contributed by atoms with van der Waals surface area (Å²) < 4.78 is 10.4. The fourth-order valence-corrected chi connectivity index (χ4v) is 1.88.